The first kappa shape index (κ1) is 23.9. The van der Waals surface area contributed by atoms with Crippen molar-refractivity contribution in [3.05, 3.63) is 118 Å². The first-order valence-electron chi connectivity index (χ1n) is 11.9. The SMILES string of the molecule is COc1ccc(-c2nn(Cc3ccccc3)cc2C(=O)Nc2c(C)n(C)n(-c3ccccc3)c2=O)cc1. The van der Waals surface area contributed by atoms with Crippen LogP contribution in [0.2, 0.25) is 0 Å². The minimum Gasteiger partial charge on any atom is -0.497 e. The molecule has 2 heterocycles. The molecule has 8 nitrogen and oxygen atoms in total. The maximum absolute atomic E-state index is 13.6. The molecule has 5 aromatic rings. The summed E-state index contributed by atoms with van der Waals surface area (Å²) in [5.74, 6) is 0.302. The third-order valence-corrected chi connectivity index (χ3v) is 6.35. The van der Waals surface area contributed by atoms with Gasteiger partial charge in [0.1, 0.15) is 17.1 Å². The summed E-state index contributed by atoms with van der Waals surface area (Å²) in [4.78, 5) is 27.0. The molecule has 0 unspecified atom stereocenters. The first-order chi connectivity index (χ1) is 18.0. The summed E-state index contributed by atoms with van der Waals surface area (Å²) in [6.45, 7) is 2.31. The van der Waals surface area contributed by atoms with Gasteiger partial charge in [-0.25, -0.2) is 4.68 Å². The molecule has 0 aliphatic rings. The van der Waals surface area contributed by atoms with E-state index in [-0.39, 0.29) is 11.2 Å². The number of rotatable bonds is 7. The van der Waals surface area contributed by atoms with E-state index in [1.165, 1.54) is 4.68 Å². The molecule has 186 valence electrons. The highest BCUT2D eigenvalue weighted by Crippen LogP contribution is 2.26. The quantitative estimate of drug-likeness (QED) is 0.358. The van der Waals surface area contributed by atoms with Crippen LogP contribution in [-0.4, -0.2) is 32.2 Å². The molecule has 1 N–H and O–H groups in total. The molecule has 0 radical (unpaired) electrons. The zero-order valence-corrected chi connectivity index (χ0v) is 20.9. The Balaban J connectivity index is 1.53. The third kappa shape index (κ3) is 4.69. The Hall–Kier alpha value is -4.85. The van der Waals surface area contributed by atoms with Gasteiger partial charge >= 0.3 is 0 Å². The second-order valence-electron chi connectivity index (χ2n) is 8.69. The van der Waals surface area contributed by atoms with E-state index in [1.54, 1.807) is 36.6 Å². The number of hydrogen-bond acceptors (Lipinski definition) is 4. The maximum atomic E-state index is 13.6. The van der Waals surface area contributed by atoms with E-state index in [9.17, 15) is 9.59 Å². The van der Waals surface area contributed by atoms with Crippen LogP contribution in [0.4, 0.5) is 5.69 Å². The molecule has 0 spiro atoms. The molecule has 1 amide bonds. The Bertz CT molecular complexity index is 1600. The van der Waals surface area contributed by atoms with Crippen molar-refractivity contribution in [2.24, 2.45) is 7.05 Å². The predicted octanol–water partition coefficient (Wildman–Crippen LogP) is 4.66. The normalized spacial score (nSPS) is 10.9. The minimum atomic E-state index is -0.406. The predicted molar refractivity (Wildman–Crippen MR) is 143 cm³/mol. The average Bonchev–Trinajstić information content (AvgIpc) is 3.44. The van der Waals surface area contributed by atoms with Crippen molar-refractivity contribution in [2.45, 2.75) is 13.5 Å². The fourth-order valence-electron chi connectivity index (χ4n) is 4.29. The van der Waals surface area contributed by atoms with Gasteiger partial charge in [0, 0.05) is 18.8 Å². The van der Waals surface area contributed by atoms with Gasteiger partial charge in [0.25, 0.3) is 11.5 Å². The summed E-state index contributed by atoms with van der Waals surface area (Å²) in [5.41, 5.74) is 4.00. The number of methoxy groups -OCH3 is 1. The number of aromatic nitrogens is 4. The first-order valence-corrected chi connectivity index (χ1v) is 11.9. The van der Waals surface area contributed by atoms with E-state index >= 15 is 0 Å². The summed E-state index contributed by atoms with van der Waals surface area (Å²) in [5, 5.41) is 7.60. The molecule has 0 saturated carbocycles. The van der Waals surface area contributed by atoms with Gasteiger partial charge in [-0.2, -0.15) is 5.10 Å². The Kier molecular flexibility index (Phi) is 6.47. The molecule has 0 saturated heterocycles. The molecular formula is C29H27N5O3. The van der Waals surface area contributed by atoms with E-state index in [0.29, 0.717) is 34.9 Å². The van der Waals surface area contributed by atoms with Crippen LogP contribution in [0.15, 0.2) is 95.9 Å². The van der Waals surface area contributed by atoms with Crippen LogP contribution in [-0.2, 0) is 13.6 Å². The van der Waals surface area contributed by atoms with E-state index < -0.39 is 5.91 Å². The van der Waals surface area contributed by atoms with Crippen LogP contribution in [0, 0.1) is 6.92 Å². The van der Waals surface area contributed by atoms with Crippen molar-refractivity contribution in [1.82, 2.24) is 19.1 Å². The number of benzene rings is 3. The van der Waals surface area contributed by atoms with Gasteiger partial charge in [0.05, 0.1) is 30.6 Å². The molecule has 8 heteroatoms. The van der Waals surface area contributed by atoms with Gasteiger partial charge in [-0.3, -0.25) is 19.0 Å². The number of para-hydroxylation sites is 1. The number of amides is 1. The molecule has 0 atom stereocenters. The smallest absolute Gasteiger partial charge is 0.295 e. The van der Waals surface area contributed by atoms with Gasteiger partial charge in [0.15, 0.2) is 0 Å². The highest BCUT2D eigenvalue weighted by atomic mass is 16.5. The fraction of sp³-hybridized carbons (Fsp3) is 0.138. The second kappa shape index (κ2) is 10.0. The van der Waals surface area contributed by atoms with Crippen LogP contribution in [0.5, 0.6) is 5.75 Å². The lowest BCUT2D eigenvalue weighted by molar-refractivity contribution is 0.102. The lowest BCUT2D eigenvalue weighted by atomic mass is 10.1. The number of nitrogens with one attached hydrogen (secondary N) is 1. The van der Waals surface area contributed by atoms with Crippen molar-refractivity contribution in [2.75, 3.05) is 12.4 Å². The maximum Gasteiger partial charge on any atom is 0.295 e. The lowest BCUT2D eigenvalue weighted by Crippen LogP contribution is -2.23. The van der Waals surface area contributed by atoms with Crippen molar-refractivity contribution < 1.29 is 9.53 Å². The van der Waals surface area contributed by atoms with Gasteiger partial charge in [-0.1, -0.05) is 48.5 Å². The summed E-state index contributed by atoms with van der Waals surface area (Å²) in [6.07, 6.45) is 1.72. The Morgan fingerprint density at radius 3 is 2.24 bits per heavy atom. The lowest BCUT2D eigenvalue weighted by Gasteiger charge is -2.07. The van der Waals surface area contributed by atoms with Crippen LogP contribution in [0.3, 0.4) is 0 Å². The van der Waals surface area contributed by atoms with E-state index in [0.717, 1.165) is 11.1 Å². The van der Waals surface area contributed by atoms with Crippen molar-refractivity contribution in [3.63, 3.8) is 0 Å². The summed E-state index contributed by atoms with van der Waals surface area (Å²) < 4.78 is 10.3. The van der Waals surface area contributed by atoms with Gasteiger partial charge in [0.2, 0.25) is 0 Å². The monoisotopic (exact) mass is 493 g/mol. The highest BCUT2D eigenvalue weighted by molar-refractivity contribution is 6.08. The van der Waals surface area contributed by atoms with Crippen molar-refractivity contribution >= 4 is 11.6 Å². The highest BCUT2D eigenvalue weighted by Gasteiger charge is 2.23. The molecule has 5 rings (SSSR count). The number of carbonyl (C=O) groups is 1. The number of anilines is 1. The molecule has 0 aliphatic heterocycles. The second-order valence-corrected chi connectivity index (χ2v) is 8.69. The molecule has 0 bridgehead atoms. The van der Waals surface area contributed by atoms with Crippen molar-refractivity contribution in [1.29, 1.82) is 0 Å². The van der Waals surface area contributed by atoms with Crippen LogP contribution in [0.1, 0.15) is 21.6 Å². The minimum absolute atomic E-state index is 0.229. The average molecular weight is 494 g/mol. The van der Waals surface area contributed by atoms with E-state index in [2.05, 4.69) is 5.32 Å². The standard InChI is InChI=1S/C29H27N5O3/c1-20-26(29(36)34(32(20)2)23-12-8-5-9-13-23)30-28(35)25-19-33(18-21-10-6-4-7-11-21)31-27(25)22-14-16-24(37-3)17-15-22/h4-17,19H,18H2,1-3H3,(H,30,35). The number of carbonyl (C=O) groups excluding carboxylic acids is 1. The zero-order valence-electron chi connectivity index (χ0n) is 20.9. The molecule has 0 aliphatic carbocycles. The Morgan fingerprint density at radius 1 is 0.946 bits per heavy atom. The molecule has 2 aromatic heterocycles. The summed E-state index contributed by atoms with van der Waals surface area (Å²) in [6, 6.07) is 26.6. The van der Waals surface area contributed by atoms with Crippen LogP contribution in [0.25, 0.3) is 16.9 Å². The summed E-state index contributed by atoms with van der Waals surface area (Å²) >= 11 is 0. The van der Waals surface area contributed by atoms with Gasteiger partial charge < -0.3 is 10.1 Å². The number of ether oxygens (including phenoxy) is 1. The van der Waals surface area contributed by atoms with Gasteiger partial charge in [-0.05, 0) is 48.9 Å². The van der Waals surface area contributed by atoms with E-state index in [4.69, 9.17) is 9.84 Å². The van der Waals surface area contributed by atoms with Crippen molar-refractivity contribution in [3.8, 4) is 22.7 Å². The Morgan fingerprint density at radius 2 is 1.59 bits per heavy atom. The van der Waals surface area contributed by atoms with Gasteiger partial charge in [-0.15, -0.1) is 0 Å². The molecule has 0 fully saturated rings. The molecular weight excluding hydrogens is 466 g/mol. The third-order valence-electron chi connectivity index (χ3n) is 6.35. The summed E-state index contributed by atoms with van der Waals surface area (Å²) in [7, 11) is 3.40. The fourth-order valence-corrected chi connectivity index (χ4v) is 4.29. The molecule has 37 heavy (non-hydrogen) atoms. The zero-order chi connectivity index (χ0) is 25.9. The largest absolute Gasteiger partial charge is 0.497 e. The van der Waals surface area contributed by atoms with Crippen LogP contribution < -0.4 is 15.6 Å². The number of nitrogens with zero attached hydrogens (tertiary/aromatic N) is 4. The van der Waals surface area contributed by atoms with E-state index in [1.807, 2.05) is 84.9 Å². The Labute approximate surface area is 214 Å². The van der Waals surface area contributed by atoms with Crippen LogP contribution >= 0.6 is 0 Å². The molecule has 3 aromatic carbocycles. The number of hydrogen-bond donors (Lipinski definition) is 1. The topological polar surface area (TPSA) is 83.1 Å².